The molecule has 2 N–H and O–H groups in total. The molecule has 0 aromatic heterocycles. The van der Waals surface area contributed by atoms with Gasteiger partial charge in [-0.15, -0.1) is 0 Å². The average Bonchev–Trinajstić information content (AvgIpc) is 3.00. The second-order valence-corrected chi connectivity index (χ2v) is 5.75. The van der Waals surface area contributed by atoms with Gasteiger partial charge in [0.05, 0.1) is 0 Å². The number of benzene rings is 1. The second kappa shape index (κ2) is 7.82. The highest BCUT2D eigenvalue weighted by molar-refractivity contribution is 5.26. The average molecular weight is 297 g/mol. The van der Waals surface area contributed by atoms with E-state index in [1.165, 1.54) is 38.1 Å². The Hall–Kier alpha value is -1.04. The van der Waals surface area contributed by atoms with Crippen molar-refractivity contribution < 1.29 is 8.78 Å². The van der Waals surface area contributed by atoms with Crippen molar-refractivity contribution in [2.45, 2.75) is 25.3 Å². The minimum absolute atomic E-state index is 0.0641. The smallest absolute Gasteiger partial charge is 0.263 e. The van der Waals surface area contributed by atoms with E-state index >= 15 is 0 Å². The fourth-order valence-corrected chi connectivity index (χ4v) is 2.90. The van der Waals surface area contributed by atoms with Crippen molar-refractivity contribution in [3.05, 3.63) is 35.4 Å². The van der Waals surface area contributed by atoms with E-state index in [0.717, 1.165) is 18.7 Å². The molecule has 1 aromatic carbocycles. The van der Waals surface area contributed by atoms with Gasteiger partial charge in [0.1, 0.15) is 0 Å². The first-order chi connectivity index (χ1) is 10.1. The summed E-state index contributed by atoms with van der Waals surface area (Å²) in [7, 11) is 2.05. The van der Waals surface area contributed by atoms with Gasteiger partial charge in [-0.1, -0.05) is 24.3 Å². The summed E-state index contributed by atoms with van der Waals surface area (Å²) >= 11 is 0. The first-order valence-corrected chi connectivity index (χ1v) is 7.62. The summed E-state index contributed by atoms with van der Waals surface area (Å²) in [5.74, 6) is 0. The minimum Gasteiger partial charge on any atom is -0.329 e. The molecule has 21 heavy (non-hydrogen) atoms. The number of likely N-dealkylation sites (N-methyl/N-ethyl adjacent to an activating group) is 1. The van der Waals surface area contributed by atoms with Gasteiger partial charge in [-0.2, -0.15) is 0 Å². The Bertz CT molecular complexity index is 416. The lowest BCUT2D eigenvalue weighted by Gasteiger charge is -2.29. The number of nitrogens with two attached hydrogens (primary N) is 1. The van der Waals surface area contributed by atoms with Crippen molar-refractivity contribution in [2.75, 3.05) is 39.8 Å². The number of halogens is 2. The summed E-state index contributed by atoms with van der Waals surface area (Å²) < 4.78 is 25.2. The molecule has 1 aromatic rings. The summed E-state index contributed by atoms with van der Waals surface area (Å²) in [6, 6.07) is 6.62. The fraction of sp³-hybridized carbons (Fsp3) is 0.625. The second-order valence-electron chi connectivity index (χ2n) is 5.75. The van der Waals surface area contributed by atoms with Crippen LogP contribution in [0.1, 0.15) is 36.4 Å². The van der Waals surface area contributed by atoms with Crippen molar-refractivity contribution in [1.29, 1.82) is 0 Å². The van der Waals surface area contributed by atoms with Crippen molar-refractivity contribution in [3.63, 3.8) is 0 Å². The van der Waals surface area contributed by atoms with Gasteiger partial charge in [-0.25, -0.2) is 8.78 Å². The Labute approximate surface area is 125 Å². The number of hydrogen-bond acceptors (Lipinski definition) is 3. The summed E-state index contributed by atoms with van der Waals surface area (Å²) in [5.41, 5.74) is 6.95. The predicted molar refractivity (Wildman–Crippen MR) is 81.5 cm³/mol. The van der Waals surface area contributed by atoms with Gasteiger partial charge in [0.25, 0.3) is 6.43 Å². The topological polar surface area (TPSA) is 32.5 Å². The molecule has 3 nitrogen and oxygen atoms in total. The normalized spacial score (nSPS) is 17.8. The third kappa shape index (κ3) is 4.46. The molecule has 0 bridgehead atoms. The number of hydrogen-bond donors (Lipinski definition) is 1. The van der Waals surface area contributed by atoms with Crippen LogP contribution >= 0.6 is 0 Å². The van der Waals surface area contributed by atoms with Gasteiger partial charge in [-0.3, -0.25) is 4.90 Å². The van der Waals surface area contributed by atoms with E-state index in [4.69, 9.17) is 5.73 Å². The number of nitrogens with zero attached hydrogens (tertiary/aromatic N) is 2. The van der Waals surface area contributed by atoms with Crippen LogP contribution in [0.3, 0.4) is 0 Å². The lowest BCUT2D eigenvalue weighted by atomic mass is 10.0. The van der Waals surface area contributed by atoms with Gasteiger partial charge < -0.3 is 10.6 Å². The molecule has 1 aliphatic heterocycles. The maximum absolute atomic E-state index is 12.6. The van der Waals surface area contributed by atoms with Crippen molar-refractivity contribution in [3.8, 4) is 0 Å². The highest BCUT2D eigenvalue weighted by Crippen LogP contribution is 2.23. The lowest BCUT2D eigenvalue weighted by Crippen LogP contribution is -2.36. The van der Waals surface area contributed by atoms with E-state index < -0.39 is 6.43 Å². The maximum atomic E-state index is 12.6. The van der Waals surface area contributed by atoms with Crippen LogP contribution in [0.5, 0.6) is 0 Å². The first kappa shape index (κ1) is 16.3. The number of likely N-dealkylation sites (tertiary alicyclic amines) is 1. The fourth-order valence-electron chi connectivity index (χ4n) is 2.90. The zero-order chi connectivity index (χ0) is 15.2. The third-order valence-corrected chi connectivity index (χ3v) is 4.30. The molecule has 0 spiro atoms. The molecule has 1 atom stereocenters. The highest BCUT2D eigenvalue weighted by atomic mass is 19.3. The molecule has 118 valence electrons. The van der Waals surface area contributed by atoms with Gasteiger partial charge in [0, 0.05) is 31.2 Å². The highest BCUT2D eigenvalue weighted by Gasteiger charge is 2.18. The van der Waals surface area contributed by atoms with Crippen LogP contribution in [0.2, 0.25) is 0 Å². The monoisotopic (exact) mass is 297 g/mol. The predicted octanol–water partition coefficient (Wildman–Crippen LogP) is 2.65. The van der Waals surface area contributed by atoms with Crippen molar-refractivity contribution >= 4 is 0 Å². The minimum atomic E-state index is -2.41. The lowest BCUT2D eigenvalue weighted by molar-refractivity contribution is 0.151. The van der Waals surface area contributed by atoms with Gasteiger partial charge >= 0.3 is 0 Å². The molecule has 1 saturated heterocycles. The van der Waals surface area contributed by atoms with Crippen LogP contribution in [0.25, 0.3) is 0 Å². The quantitative estimate of drug-likeness (QED) is 0.840. The molecule has 1 fully saturated rings. The first-order valence-electron chi connectivity index (χ1n) is 7.62. The Morgan fingerprint density at radius 1 is 1.14 bits per heavy atom. The van der Waals surface area contributed by atoms with Crippen molar-refractivity contribution in [1.82, 2.24) is 9.80 Å². The zero-order valence-electron chi connectivity index (χ0n) is 12.6. The van der Waals surface area contributed by atoms with E-state index in [0.29, 0.717) is 6.54 Å². The Balaban J connectivity index is 1.93. The Kier molecular flexibility index (Phi) is 6.08. The molecule has 0 saturated carbocycles. The summed E-state index contributed by atoms with van der Waals surface area (Å²) in [4.78, 5) is 4.68. The third-order valence-electron chi connectivity index (χ3n) is 4.30. The van der Waals surface area contributed by atoms with E-state index in [1.54, 1.807) is 12.1 Å². The summed E-state index contributed by atoms with van der Waals surface area (Å²) in [6.45, 7) is 4.85. The summed E-state index contributed by atoms with van der Waals surface area (Å²) in [5, 5.41) is 0. The van der Waals surface area contributed by atoms with Gasteiger partial charge in [-0.05, 0) is 38.5 Å². The molecule has 1 heterocycles. The SMILES string of the molecule is CN(CCN1CCCC1)C(CN)c1ccc(C(F)F)cc1. The van der Waals surface area contributed by atoms with E-state index in [1.807, 2.05) is 0 Å². The Morgan fingerprint density at radius 2 is 1.71 bits per heavy atom. The standard InChI is InChI=1S/C16H25F2N3/c1-20(10-11-21-8-2-3-9-21)15(12-19)13-4-6-14(7-5-13)16(17)18/h4-7,15-16H,2-3,8-12,19H2,1H3. The van der Waals surface area contributed by atoms with E-state index in [9.17, 15) is 8.78 Å². The van der Waals surface area contributed by atoms with Crippen molar-refractivity contribution in [2.24, 2.45) is 5.73 Å². The van der Waals surface area contributed by atoms with Crippen LogP contribution in [-0.2, 0) is 0 Å². The molecule has 0 aliphatic carbocycles. The Morgan fingerprint density at radius 3 is 2.24 bits per heavy atom. The maximum Gasteiger partial charge on any atom is 0.263 e. The number of alkyl halides is 2. The van der Waals surface area contributed by atoms with Crippen LogP contribution < -0.4 is 5.73 Å². The molecule has 5 heteroatoms. The van der Waals surface area contributed by atoms with Crippen LogP contribution in [0, 0.1) is 0 Å². The van der Waals surface area contributed by atoms with Crippen LogP contribution in [0.4, 0.5) is 8.78 Å². The number of rotatable bonds is 7. The largest absolute Gasteiger partial charge is 0.329 e. The molecule has 0 amide bonds. The molecule has 0 radical (unpaired) electrons. The van der Waals surface area contributed by atoms with Crippen LogP contribution in [0.15, 0.2) is 24.3 Å². The molecule has 2 rings (SSSR count). The van der Waals surface area contributed by atoms with E-state index in [2.05, 4.69) is 16.8 Å². The van der Waals surface area contributed by atoms with Crippen LogP contribution in [-0.4, -0.2) is 49.6 Å². The molecular formula is C16H25F2N3. The molecule has 1 aliphatic rings. The molecular weight excluding hydrogens is 272 g/mol. The van der Waals surface area contributed by atoms with Gasteiger partial charge in [0.2, 0.25) is 0 Å². The zero-order valence-corrected chi connectivity index (χ0v) is 12.6. The molecule has 1 unspecified atom stereocenters. The summed E-state index contributed by atoms with van der Waals surface area (Å²) in [6.07, 6.45) is 0.168. The van der Waals surface area contributed by atoms with E-state index in [-0.39, 0.29) is 11.6 Å². The van der Waals surface area contributed by atoms with Gasteiger partial charge in [0.15, 0.2) is 0 Å².